The maximum atomic E-state index is 12.8. The number of hydrogen-bond donors (Lipinski definition) is 4. The number of nitrogens with zero attached hydrogens (tertiary/aromatic N) is 1. The Balaban J connectivity index is 1.60. The Kier molecular flexibility index (Phi) is 5.10. The number of carbonyl (C=O) groups is 2. The predicted octanol–water partition coefficient (Wildman–Crippen LogP) is 3.89. The minimum Gasteiger partial charge on any atom is -0.320 e. The van der Waals surface area contributed by atoms with Crippen molar-refractivity contribution < 1.29 is 9.59 Å². The SMILES string of the molecule is NNC(=O)N(N)c1cc(Cl)ccc1NC(=O)c1ccc2cc(C3CC3)ccc2c1. The molecule has 1 aliphatic carbocycles. The van der Waals surface area contributed by atoms with E-state index < -0.39 is 6.03 Å². The van der Waals surface area contributed by atoms with Crippen LogP contribution in [0.25, 0.3) is 10.8 Å². The Morgan fingerprint density at radius 1 is 1.00 bits per heavy atom. The lowest BCUT2D eigenvalue weighted by Crippen LogP contribution is -2.48. The number of urea groups is 1. The first-order valence-corrected chi connectivity index (χ1v) is 9.54. The first kappa shape index (κ1) is 19.2. The van der Waals surface area contributed by atoms with Crippen molar-refractivity contribution in [1.82, 2.24) is 5.43 Å². The van der Waals surface area contributed by atoms with Crippen molar-refractivity contribution in [2.75, 3.05) is 10.3 Å². The normalized spacial score (nSPS) is 13.2. The summed E-state index contributed by atoms with van der Waals surface area (Å²) in [5.74, 6) is 11.3. The summed E-state index contributed by atoms with van der Waals surface area (Å²) in [6.07, 6.45) is 2.49. The Labute approximate surface area is 172 Å². The molecule has 0 atom stereocenters. The van der Waals surface area contributed by atoms with Crippen LogP contribution < -0.4 is 27.4 Å². The molecule has 0 spiro atoms. The Bertz CT molecular complexity index is 1110. The van der Waals surface area contributed by atoms with Gasteiger partial charge in [-0.25, -0.2) is 21.5 Å². The highest BCUT2D eigenvalue weighted by Crippen LogP contribution is 2.41. The van der Waals surface area contributed by atoms with Gasteiger partial charge in [0.05, 0.1) is 11.4 Å². The topological polar surface area (TPSA) is 113 Å². The number of hydrazine groups is 2. The van der Waals surface area contributed by atoms with Gasteiger partial charge in [-0.15, -0.1) is 0 Å². The molecule has 8 heteroatoms. The number of nitrogens with one attached hydrogen (secondary N) is 2. The second kappa shape index (κ2) is 7.71. The molecule has 0 aromatic heterocycles. The summed E-state index contributed by atoms with van der Waals surface area (Å²) < 4.78 is 0. The van der Waals surface area contributed by atoms with E-state index in [2.05, 4.69) is 17.4 Å². The van der Waals surface area contributed by atoms with Crippen LogP contribution in [0.2, 0.25) is 5.02 Å². The van der Waals surface area contributed by atoms with E-state index in [1.165, 1.54) is 24.5 Å². The van der Waals surface area contributed by atoms with Crippen LogP contribution in [-0.2, 0) is 0 Å². The molecule has 1 aliphatic rings. The van der Waals surface area contributed by atoms with Crippen LogP contribution >= 0.6 is 11.6 Å². The van der Waals surface area contributed by atoms with E-state index in [1.807, 2.05) is 23.6 Å². The van der Waals surface area contributed by atoms with Crippen LogP contribution in [0.4, 0.5) is 16.2 Å². The standard InChI is InChI=1S/C21H20ClN5O2/c22-17-7-8-18(19(11-17)27(24)21(29)26-23)25-20(28)16-6-5-14-9-13(12-1-2-12)3-4-15(14)10-16/h3-12H,1-2,23-24H2,(H,25,28)(H,26,29). The maximum Gasteiger partial charge on any atom is 0.350 e. The van der Waals surface area contributed by atoms with E-state index >= 15 is 0 Å². The van der Waals surface area contributed by atoms with Crippen molar-refractivity contribution in [1.29, 1.82) is 0 Å². The number of hydrogen-bond acceptors (Lipinski definition) is 4. The van der Waals surface area contributed by atoms with Gasteiger partial charge >= 0.3 is 6.03 Å². The van der Waals surface area contributed by atoms with E-state index in [9.17, 15) is 9.59 Å². The fraction of sp³-hybridized carbons (Fsp3) is 0.143. The van der Waals surface area contributed by atoms with Gasteiger partial charge in [-0.05, 0) is 65.4 Å². The average Bonchev–Trinajstić information content (AvgIpc) is 3.58. The molecule has 0 unspecified atom stereocenters. The Morgan fingerprint density at radius 2 is 1.72 bits per heavy atom. The summed E-state index contributed by atoms with van der Waals surface area (Å²) in [5.41, 5.74) is 4.32. The van der Waals surface area contributed by atoms with Gasteiger partial charge in [0.25, 0.3) is 5.91 Å². The summed E-state index contributed by atoms with van der Waals surface area (Å²) in [6.45, 7) is 0. The van der Waals surface area contributed by atoms with Gasteiger partial charge in [-0.3, -0.25) is 10.2 Å². The third-order valence-electron chi connectivity index (χ3n) is 4.99. The van der Waals surface area contributed by atoms with Gasteiger partial charge in [0.2, 0.25) is 0 Å². The summed E-state index contributed by atoms with van der Waals surface area (Å²) in [7, 11) is 0. The molecule has 148 valence electrons. The van der Waals surface area contributed by atoms with E-state index in [1.54, 1.807) is 18.2 Å². The lowest BCUT2D eigenvalue weighted by Gasteiger charge is -2.20. The number of anilines is 2. The molecular weight excluding hydrogens is 390 g/mol. The quantitative estimate of drug-likeness (QED) is 0.297. The molecule has 0 saturated heterocycles. The van der Waals surface area contributed by atoms with Gasteiger partial charge in [-0.1, -0.05) is 35.9 Å². The molecule has 1 saturated carbocycles. The Morgan fingerprint density at radius 3 is 2.45 bits per heavy atom. The fourth-order valence-corrected chi connectivity index (χ4v) is 3.43. The van der Waals surface area contributed by atoms with Crippen molar-refractivity contribution in [2.24, 2.45) is 11.7 Å². The summed E-state index contributed by atoms with van der Waals surface area (Å²) in [6, 6.07) is 15.8. The van der Waals surface area contributed by atoms with Crippen LogP contribution in [0.3, 0.4) is 0 Å². The number of benzene rings is 3. The number of halogens is 1. The lowest BCUT2D eigenvalue weighted by molar-refractivity contribution is 0.102. The highest BCUT2D eigenvalue weighted by Gasteiger charge is 2.23. The molecule has 0 heterocycles. The monoisotopic (exact) mass is 409 g/mol. The molecule has 4 rings (SSSR count). The average molecular weight is 410 g/mol. The van der Waals surface area contributed by atoms with Crippen molar-refractivity contribution >= 4 is 45.7 Å². The number of fused-ring (bicyclic) bond motifs is 1. The molecule has 3 aromatic rings. The van der Waals surface area contributed by atoms with Gasteiger partial charge < -0.3 is 5.32 Å². The zero-order chi connectivity index (χ0) is 20.5. The zero-order valence-corrected chi connectivity index (χ0v) is 16.2. The highest BCUT2D eigenvalue weighted by atomic mass is 35.5. The van der Waals surface area contributed by atoms with Crippen LogP contribution in [0, 0.1) is 0 Å². The Hall–Kier alpha value is -3.13. The van der Waals surface area contributed by atoms with Crippen molar-refractivity contribution in [3.8, 4) is 0 Å². The first-order valence-electron chi connectivity index (χ1n) is 9.16. The fourth-order valence-electron chi connectivity index (χ4n) is 3.26. The largest absolute Gasteiger partial charge is 0.350 e. The molecule has 1 fully saturated rings. The molecule has 0 radical (unpaired) electrons. The van der Waals surface area contributed by atoms with Crippen LogP contribution in [-0.4, -0.2) is 11.9 Å². The number of amides is 3. The molecule has 29 heavy (non-hydrogen) atoms. The van der Waals surface area contributed by atoms with Gasteiger partial charge in [0.1, 0.15) is 0 Å². The molecule has 7 nitrogen and oxygen atoms in total. The molecule has 0 aliphatic heterocycles. The molecule has 3 amide bonds. The molecule has 0 bridgehead atoms. The summed E-state index contributed by atoms with van der Waals surface area (Å²) >= 11 is 6.01. The van der Waals surface area contributed by atoms with E-state index in [4.69, 9.17) is 23.3 Å². The van der Waals surface area contributed by atoms with E-state index in [0.29, 0.717) is 22.2 Å². The second-order valence-electron chi connectivity index (χ2n) is 7.03. The molecule has 3 aromatic carbocycles. The van der Waals surface area contributed by atoms with Crippen molar-refractivity contribution in [2.45, 2.75) is 18.8 Å². The zero-order valence-electron chi connectivity index (χ0n) is 15.5. The van der Waals surface area contributed by atoms with Crippen molar-refractivity contribution in [3.63, 3.8) is 0 Å². The highest BCUT2D eigenvalue weighted by molar-refractivity contribution is 6.31. The maximum absolute atomic E-state index is 12.8. The minimum absolute atomic E-state index is 0.212. The minimum atomic E-state index is -0.750. The summed E-state index contributed by atoms with van der Waals surface area (Å²) in [5, 5.41) is 6.00. The number of rotatable bonds is 4. The van der Waals surface area contributed by atoms with Gasteiger partial charge in [-0.2, -0.15) is 0 Å². The van der Waals surface area contributed by atoms with Crippen molar-refractivity contribution in [3.05, 3.63) is 70.7 Å². The lowest BCUT2D eigenvalue weighted by atomic mass is 10.0. The van der Waals surface area contributed by atoms with Crippen LogP contribution in [0.15, 0.2) is 54.6 Å². The van der Waals surface area contributed by atoms with Crippen LogP contribution in [0.1, 0.15) is 34.7 Å². The molecular formula is C21H20ClN5O2. The third-order valence-corrected chi connectivity index (χ3v) is 5.22. The number of nitrogens with two attached hydrogens (primary N) is 2. The third kappa shape index (κ3) is 4.02. The van der Waals surface area contributed by atoms with Crippen LogP contribution in [0.5, 0.6) is 0 Å². The van der Waals surface area contributed by atoms with E-state index in [-0.39, 0.29) is 11.6 Å². The first-order chi connectivity index (χ1) is 14.0. The number of carbonyl (C=O) groups excluding carboxylic acids is 2. The summed E-state index contributed by atoms with van der Waals surface area (Å²) in [4.78, 5) is 24.6. The smallest absolute Gasteiger partial charge is 0.320 e. The molecule has 6 N–H and O–H groups in total. The van der Waals surface area contributed by atoms with Gasteiger partial charge in [0, 0.05) is 10.6 Å². The predicted molar refractivity (Wildman–Crippen MR) is 115 cm³/mol. The van der Waals surface area contributed by atoms with E-state index in [0.717, 1.165) is 15.8 Å². The van der Waals surface area contributed by atoms with Gasteiger partial charge in [0.15, 0.2) is 0 Å². The second-order valence-corrected chi connectivity index (χ2v) is 7.47.